The lowest BCUT2D eigenvalue weighted by atomic mass is 10.1. The number of halogens is 3. The van der Waals surface area contributed by atoms with Gasteiger partial charge in [-0.15, -0.1) is 0 Å². The molecule has 0 spiro atoms. The van der Waals surface area contributed by atoms with Crippen LogP contribution in [0, 0.1) is 6.92 Å². The van der Waals surface area contributed by atoms with Crippen LogP contribution < -0.4 is 19.6 Å². The van der Waals surface area contributed by atoms with Crippen molar-refractivity contribution in [1.29, 1.82) is 0 Å². The van der Waals surface area contributed by atoms with Gasteiger partial charge in [-0.25, -0.2) is 4.79 Å². The third kappa shape index (κ3) is 4.59. The summed E-state index contributed by atoms with van der Waals surface area (Å²) in [5, 5.41) is -0.174. The van der Waals surface area contributed by atoms with Crippen LogP contribution in [-0.2, 0) is 6.18 Å². The SMILES string of the molecule is COc1ccc(Oc2c(C(F)(F)F)oc3cc(OC(=O)c4ccccc4C)ccc3c2=O)cc1. The maximum absolute atomic E-state index is 13.7. The summed E-state index contributed by atoms with van der Waals surface area (Å²) in [6, 6.07) is 15.9. The molecule has 0 aliphatic rings. The number of carbonyl (C=O) groups excluding carboxylic acids is 1. The first-order valence-corrected chi connectivity index (χ1v) is 9.95. The smallest absolute Gasteiger partial charge is 0.453 e. The van der Waals surface area contributed by atoms with Gasteiger partial charge >= 0.3 is 12.1 Å². The molecule has 34 heavy (non-hydrogen) atoms. The molecule has 1 aromatic heterocycles. The van der Waals surface area contributed by atoms with Crippen LogP contribution in [0.2, 0.25) is 0 Å². The van der Waals surface area contributed by atoms with E-state index in [2.05, 4.69) is 0 Å². The molecule has 0 aliphatic heterocycles. The fourth-order valence-corrected chi connectivity index (χ4v) is 3.22. The molecule has 0 radical (unpaired) electrons. The van der Waals surface area contributed by atoms with E-state index in [1.54, 1.807) is 31.2 Å². The first-order valence-electron chi connectivity index (χ1n) is 9.95. The fraction of sp³-hybridized carbons (Fsp3) is 0.120. The molecule has 0 saturated heterocycles. The van der Waals surface area contributed by atoms with Crippen molar-refractivity contribution < 1.29 is 36.6 Å². The predicted octanol–water partition coefficient (Wildman–Crippen LogP) is 6.14. The summed E-state index contributed by atoms with van der Waals surface area (Å²) in [5.74, 6) is -2.95. The number of alkyl halides is 3. The van der Waals surface area contributed by atoms with Gasteiger partial charge in [0.2, 0.25) is 11.2 Å². The van der Waals surface area contributed by atoms with E-state index in [1.165, 1.54) is 43.5 Å². The summed E-state index contributed by atoms with van der Waals surface area (Å²) < 4.78 is 61.8. The highest BCUT2D eigenvalue weighted by molar-refractivity contribution is 5.93. The molecule has 1 heterocycles. The van der Waals surface area contributed by atoms with Crippen LogP contribution in [0.3, 0.4) is 0 Å². The van der Waals surface area contributed by atoms with Crippen LogP contribution in [0.5, 0.6) is 23.0 Å². The summed E-state index contributed by atoms with van der Waals surface area (Å²) in [6.07, 6.45) is -5.02. The second-order valence-corrected chi connectivity index (χ2v) is 7.23. The van der Waals surface area contributed by atoms with Gasteiger partial charge in [-0.05, 0) is 55.0 Å². The normalized spacial score (nSPS) is 11.3. The Hall–Kier alpha value is -4.27. The van der Waals surface area contributed by atoms with Crippen LogP contribution in [0.1, 0.15) is 21.7 Å². The van der Waals surface area contributed by atoms with Crippen molar-refractivity contribution in [2.24, 2.45) is 0 Å². The lowest BCUT2D eigenvalue weighted by molar-refractivity contribution is -0.154. The standard InChI is InChI=1S/C25H17F3O6/c1-14-5-3-4-6-18(14)24(30)33-17-11-12-19-20(13-17)34-23(25(26,27)28)22(21(19)29)32-16-9-7-15(31-2)8-10-16/h3-13H,1-2H3. The van der Waals surface area contributed by atoms with E-state index in [0.717, 1.165) is 6.07 Å². The van der Waals surface area contributed by atoms with E-state index in [9.17, 15) is 22.8 Å². The molecule has 0 N–H and O–H groups in total. The lowest BCUT2D eigenvalue weighted by Crippen LogP contribution is -2.15. The zero-order chi connectivity index (χ0) is 24.5. The highest BCUT2D eigenvalue weighted by atomic mass is 19.4. The minimum absolute atomic E-state index is 0.0123. The van der Waals surface area contributed by atoms with Gasteiger partial charge in [0.25, 0.3) is 5.76 Å². The van der Waals surface area contributed by atoms with Crippen molar-refractivity contribution in [3.05, 3.63) is 93.8 Å². The molecule has 0 amide bonds. The van der Waals surface area contributed by atoms with E-state index in [-0.39, 0.29) is 16.9 Å². The summed E-state index contributed by atoms with van der Waals surface area (Å²) >= 11 is 0. The average Bonchev–Trinajstić information content (AvgIpc) is 2.80. The number of rotatable bonds is 5. The predicted molar refractivity (Wildman–Crippen MR) is 117 cm³/mol. The topological polar surface area (TPSA) is 75.0 Å². The van der Waals surface area contributed by atoms with Crippen molar-refractivity contribution in [1.82, 2.24) is 0 Å². The summed E-state index contributed by atoms with van der Waals surface area (Å²) in [6.45, 7) is 1.72. The summed E-state index contributed by atoms with van der Waals surface area (Å²) in [4.78, 5) is 25.3. The first-order chi connectivity index (χ1) is 16.2. The van der Waals surface area contributed by atoms with E-state index < -0.39 is 34.7 Å². The number of carbonyl (C=O) groups is 1. The third-order valence-electron chi connectivity index (χ3n) is 4.93. The quantitative estimate of drug-likeness (QED) is 0.258. The van der Waals surface area contributed by atoms with Crippen molar-refractivity contribution >= 4 is 16.9 Å². The fourth-order valence-electron chi connectivity index (χ4n) is 3.22. The van der Waals surface area contributed by atoms with Gasteiger partial charge in [-0.3, -0.25) is 4.79 Å². The van der Waals surface area contributed by atoms with Gasteiger partial charge in [0, 0.05) is 6.07 Å². The first kappa shape index (κ1) is 22.9. The van der Waals surface area contributed by atoms with Crippen LogP contribution in [0.25, 0.3) is 11.0 Å². The Morgan fingerprint density at radius 1 is 0.912 bits per heavy atom. The van der Waals surface area contributed by atoms with Crippen LogP contribution in [-0.4, -0.2) is 13.1 Å². The molecule has 0 atom stereocenters. The van der Waals surface area contributed by atoms with Gasteiger partial charge in [-0.2, -0.15) is 13.2 Å². The summed E-state index contributed by atoms with van der Waals surface area (Å²) in [5.41, 5.74) is -0.474. The Balaban J connectivity index is 1.74. The number of hydrogen-bond acceptors (Lipinski definition) is 6. The van der Waals surface area contributed by atoms with Gasteiger partial charge < -0.3 is 18.6 Å². The number of aryl methyl sites for hydroxylation is 1. The average molecular weight is 470 g/mol. The second-order valence-electron chi connectivity index (χ2n) is 7.23. The minimum atomic E-state index is -5.02. The molecule has 9 heteroatoms. The molecule has 4 rings (SSSR count). The molecule has 174 valence electrons. The number of ether oxygens (including phenoxy) is 3. The Bertz CT molecular complexity index is 1420. The Kier molecular flexibility index (Phi) is 6.02. The maximum atomic E-state index is 13.7. The van der Waals surface area contributed by atoms with Crippen LogP contribution >= 0.6 is 0 Å². The van der Waals surface area contributed by atoms with Crippen molar-refractivity contribution in [2.75, 3.05) is 7.11 Å². The number of esters is 1. The molecular formula is C25H17F3O6. The van der Waals surface area contributed by atoms with Crippen molar-refractivity contribution in [2.45, 2.75) is 13.1 Å². The molecule has 6 nitrogen and oxygen atoms in total. The van der Waals surface area contributed by atoms with Crippen LogP contribution in [0.15, 0.2) is 75.9 Å². The molecule has 3 aromatic carbocycles. The van der Waals surface area contributed by atoms with Crippen molar-refractivity contribution in [3.63, 3.8) is 0 Å². The van der Waals surface area contributed by atoms with Crippen LogP contribution in [0.4, 0.5) is 13.2 Å². The lowest BCUT2D eigenvalue weighted by Gasteiger charge is -2.14. The summed E-state index contributed by atoms with van der Waals surface area (Å²) in [7, 11) is 1.43. The zero-order valence-electron chi connectivity index (χ0n) is 17.9. The van der Waals surface area contributed by atoms with Gasteiger partial charge in [0.1, 0.15) is 22.8 Å². The Morgan fingerprint density at radius 2 is 1.56 bits per heavy atom. The number of methoxy groups -OCH3 is 1. The molecule has 4 aromatic rings. The van der Waals surface area contributed by atoms with E-state index in [1.807, 2.05) is 0 Å². The maximum Gasteiger partial charge on any atom is 0.453 e. The second kappa shape index (κ2) is 8.93. The van der Waals surface area contributed by atoms with Gasteiger partial charge in [0.15, 0.2) is 0 Å². The highest BCUT2D eigenvalue weighted by Crippen LogP contribution is 2.39. The molecule has 0 unspecified atom stereocenters. The molecule has 0 fully saturated rings. The van der Waals surface area contributed by atoms with E-state index in [0.29, 0.717) is 16.9 Å². The van der Waals surface area contributed by atoms with Crippen molar-refractivity contribution in [3.8, 4) is 23.0 Å². The Morgan fingerprint density at radius 3 is 2.21 bits per heavy atom. The largest absolute Gasteiger partial charge is 0.497 e. The van der Waals surface area contributed by atoms with Gasteiger partial charge in [0.05, 0.1) is 18.1 Å². The molecule has 0 saturated carbocycles. The van der Waals surface area contributed by atoms with E-state index in [4.69, 9.17) is 18.6 Å². The number of fused-ring (bicyclic) bond motifs is 1. The minimum Gasteiger partial charge on any atom is -0.497 e. The number of hydrogen-bond donors (Lipinski definition) is 0. The highest BCUT2D eigenvalue weighted by Gasteiger charge is 2.40. The molecular weight excluding hydrogens is 453 g/mol. The molecule has 0 bridgehead atoms. The molecule has 0 aliphatic carbocycles. The number of benzene rings is 3. The monoisotopic (exact) mass is 470 g/mol. The zero-order valence-corrected chi connectivity index (χ0v) is 17.9. The Labute approximate surface area is 191 Å². The van der Waals surface area contributed by atoms with E-state index >= 15 is 0 Å². The third-order valence-corrected chi connectivity index (χ3v) is 4.93. The van der Waals surface area contributed by atoms with Gasteiger partial charge in [-0.1, -0.05) is 18.2 Å².